The SMILES string of the molecule is C=[N+](O)c1cccc(C(=O)NO)c1N1CCN(c2cccc(Cl)c2)CC1. The Bertz CT molecular complexity index is 835. The lowest BCUT2D eigenvalue weighted by Crippen LogP contribution is -2.47. The van der Waals surface area contributed by atoms with Gasteiger partial charge in [-0.3, -0.25) is 15.2 Å². The molecule has 1 saturated heterocycles. The Balaban J connectivity index is 1.87. The van der Waals surface area contributed by atoms with Crippen LogP contribution in [0.25, 0.3) is 0 Å². The Morgan fingerprint density at radius 2 is 1.77 bits per heavy atom. The molecule has 0 saturated carbocycles. The maximum atomic E-state index is 12.0. The van der Waals surface area contributed by atoms with Crippen molar-refractivity contribution < 1.29 is 19.9 Å². The summed E-state index contributed by atoms with van der Waals surface area (Å²) in [4.78, 5) is 16.2. The van der Waals surface area contributed by atoms with E-state index in [4.69, 9.17) is 16.8 Å². The Morgan fingerprint density at radius 3 is 2.38 bits per heavy atom. The molecule has 1 amide bonds. The maximum Gasteiger partial charge on any atom is 0.280 e. The van der Waals surface area contributed by atoms with E-state index in [-0.39, 0.29) is 5.56 Å². The van der Waals surface area contributed by atoms with Crippen LogP contribution in [-0.4, -0.2) is 54.0 Å². The van der Waals surface area contributed by atoms with Gasteiger partial charge in [0.15, 0.2) is 6.72 Å². The highest BCUT2D eigenvalue weighted by molar-refractivity contribution is 6.30. The molecule has 2 aromatic carbocycles. The van der Waals surface area contributed by atoms with Crippen molar-refractivity contribution in [1.82, 2.24) is 5.48 Å². The molecule has 0 unspecified atom stereocenters. The third-order valence-corrected chi connectivity index (χ3v) is 4.64. The molecule has 0 radical (unpaired) electrons. The molecule has 136 valence electrons. The second-order valence-corrected chi connectivity index (χ2v) is 6.40. The Kier molecular flexibility index (Phi) is 5.29. The third-order valence-electron chi connectivity index (χ3n) is 4.41. The number of nitrogens with one attached hydrogen (secondary N) is 1. The predicted molar refractivity (Wildman–Crippen MR) is 100 cm³/mol. The molecule has 3 N–H and O–H groups in total. The number of benzene rings is 2. The second-order valence-electron chi connectivity index (χ2n) is 5.97. The number of hydrogen-bond acceptors (Lipinski definition) is 5. The van der Waals surface area contributed by atoms with Crippen molar-refractivity contribution >= 4 is 41.3 Å². The summed E-state index contributed by atoms with van der Waals surface area (Å²) < 4.78 is 0.729. The molecule has 1 aliphatic rings. The van der Waals surface area contributed by atoms with Crippen LogP contribution in [0.15, 0.2) is 42.5 Å². The van der Waals surface area contributed by atoms with Crippen LogP contribution < -0.4 is 15.3 Å². The highest BCUT2D eigenvalue weighted by atomic mass is 35.5. The number of nitrogens with zero attached hydrogens (tertiary/aromatic N) is 3. The molecule has 1 aliphatic heterocycles. The molecule has 1 fully saturated rings. The number of amides is 1. The lowest BCUT2D eigenvalue weighted by atomic mass is 10.1. The van der Waals surface area contributed by atoms with E-state index < -0.39 is 5.91 Å². The predicted octanol–water partition coefficient (Wildman–Crippen LogP) is 2.52. The van der Waals surface area contributed by atoms with Crippen molar-refractivity contribution in [2.45, 2.75) is 0 Å². The summed E-state index contributed by atoms with van der Waals surface area (Å²) in [6, 6.07) is 12.6. The lowest BCUT2D eigenvalue weighted by Gasteiger charge is -2.37. The van der Waals surface area contributed by atoms with E-state index in [2.05, 4.69) is 11.6 Å². The summed E-state index contributed by atoms with van der Waals surface area (Å²) in [7, 11) is 0. The van der Waals surface area contributed by atoms with Gasteiger partial charge < -0.3 is 9.80 Å². The molecule has 0 aromatic heterocycles. The van der Waals surface area contributed by atoms with E-state index >= 15 is 0 Å². The average molecular weight is 376 g/mol. The number of hydrogen-bond donors (Lipinski definition) is 3. The molecule has 26 heavy (non-hydrogen) atoms. The minimum Gasteiger partial charge on any atom is -0.368 e. The van der Waals surface area contributed by atoms with Crippen LogP contribution in [0.1, 0.15) is 10.4 Å². The number of hydroxylamine groups is 1. The fraction of sp³-hybridized carbons (Fsp3) is 0.222. The van der Waals surface area contributed by atoms with Crippen molar-refractivity contribution in [2.75, 3.05) is 36.0 Å². The third kappa shape index (κ3) is 3.58. The number of anilines is 2. The van der Waals surface area contributed by atoms with Crippen LogP contribution in [0.4, 0.5) is 17.1 Å². The summed E-state index contributed by atoms with van der Waals surface area (Å²) in [5, 5.41) is 19.6. The molecule has 0 bridgehead atoms. The highest BCUT2D eigenvalue weighted by Crippen LogP contribution is 2.33. The van der Waals surface area contributed by atoms with Gasteiger partial charge in [0.2, 0.25) is 0 Å². The molecule has 0 spiro atoms. The van der Waals surface area contributed by atoms with Crippen molar-refractivity contribution in [3.05, 3.63) is 53.1 Å². The Morgan fingerprint density at radius 1 is 1.12 bits per heavy atom. The molecule has 1 heterocycles. The summed E-state index contributed by atoms with van der Waals surface area (Å²) in [5.41, 5.74) is 3.89. The normalized spacial score (nSPS) is 14.2. The summed E-state index contributed by atoms with van der Waals surface area (Å²) in [6.07, 6.45) is 0. The zero-order valence-corrected chi connectivity index (χ0v) is 14.9. The monoisotopic (exact) mass is 375 g/mol. The van der Waals surface area contributed by atoms with Gasteiger partial charge in [-0.25, -0.2) is 5.48 Å². The minimum absolute atomic E-state index is 0.268. The van der Waals surface area contributed by atoms with Gasteiger partial charge in [0.25, 0.3) is 11.6 Å². The van der Waals surface area contributed by atoms with Gasteiger partial charge >= 0.3 is 0 Å². The Hall–Kier alpha value is -2.77. The first-order valence-electron chi connectivity index (χ1n) is 8.13. The van der Waals surface area contributed by atoms with Crippen molar-refractivity contribution in [2.24, 2.45) is 0 Å². The van der Waals surface area contributed by atoms with Gasteiger partial charge in [-0.2, -0.15) is 0 Å². The summed E-state index contributed by atoms with van der Waals surface area (Å²) in [6.45, 7) is 6.20. The number of para-hydroxylation sites is 1. The van der Waals surface area contributed by atoms with Crippen molar-refractivity contribution in [3.8, 4) is 0 Å². The van der Waals surface area contributed by atoms with Crippen LogP contribution in [0.3, 0.4) is 0 Å². The fourth-order valence-electron chi connectivity index (χ4n) is 3.18. The van der Waals surface area contributed by atoms with E-state index in [1.165, 1.54) is 0 Å². The van der Waals surface area contributed by atoms with Crippen LogP contribution in [0.2, 0.25) is 5.02 Å². The Labute approximate surface area is 156 Å². The van der Waals surface area contributed by atoms with Gasteiger partial charge in [-0.1, -0.05) is 23.7 Å². The number of carbonyl (C=O) groups is 1. The van der Waals surface area contributed by atoms with E-state index in [0.717, 1.165) is 23.5 Å². The van der Waals surface area contributed by atoms with E-state index in [9.17, 15) is 10.0 Å². The maximum absolute atomic E-state index is 12.0. The zero-order chi connectivity index (χ0) is 18.7. The van der Waals surface area contributed by atoms with Gasteiger partial charge in [0.05, 0.1) is 5.56 Å². The fourth-order valence-corrected chi connectivity index (χ4v) is 3.36. The zero-order valence-electron chi connectivity index (χ0n) is 14.1. The van der Waals surface area contributed by atoms with E-state index in [1.54, 1.807) is 23.7 Å². The molecule has 0 atom stereocenters. The molecular weight excluding hydrogens is 356 g/mol. The van der Waals surface area contributed by atoms with E-state index in [0.29, 0.717) is 29.5 Å². The molecule has 7 nitrogen and oxygen atoms in total. The summed E-state index contributed by atoms with van der Waals surface area (Å²) >= 11 is 6.07. The average Bonchev–Trinajstić information content (AvgIpc) is 2.67. The molecule has 3 rings (SSSR count). The van der Waals surface area contributed by atoms with Crippen LogP contribution in [-0.2, 0) is 0 Å². The first-order chi connectivity index (χ1) is 12.5. The topological polar surface area (TPSA) is 79.0 Å². The largest absolute Gasteiger partial charge is 0.368 e. The first kappa shape index (κ1) is 18.0. The van der Waals surface area contributed by atoms with Gasteiger partial charge in [0, 0.05) is 47.7 Å². The van der Waals surface area contributed by atoms with Crippen LogP contribution in [0, 0.1) is 0 Å². The smallest absolute Gasteiger partial charge is 0.280 e. The minimum atomic E-state index is -0.638. The molecular formula is C18H20ClN4O3+. The van der Waals surface area contributed by atoms with Gasteiger partial charge in [-0.15, -0.1) is 0 Å². The second kappa shape index (κ2) is 7.63. The number of halogens is 1. The van der Waals surface area contributed by atoms with Gasteiger partial charge in [0.1, 0.15) is 5.69 Å². The van der Waals surface area contributed by atoms with Crippen LogP contribution >= 0.6 is 11.6 Å². The number of rotatable bonds is 4. The highest BCUT2D eigenvalue weighted by Gasteiger charge is 2.28. The standard InChI is InChI=1S/C18H19ClN4O3/c1-21(26)16-7-3-6-15(18(24)20-25)17(16)23-10-8-22(9-11-23)14-5-2-4-13(19)12-14/h2-7,12H,1,8-11H2,(H2-,20,24,25,26)/p+1. The van der Waals surface area contributed by atoms with Crippen LogP contribution in [0.5, 0.6) is 0 Å². The number of carbonyl (C=O) groups excluding carboxylic acids is 1. The quantitative estimate of drug-likeness (QED) is 0.251. The summed E-state index contributed by atoms with van der Waals surface area (Å²) in [5.74, 6) is -0.638. The molecule has 8 heteroatoms. The van der Waals surface area contributed by atoms with Crippen molar-refractivity contribution in [1.29, 1.82) is 0 Å². The number of piperazine rings is 1. The first-order valence-corrected chi connectivity index (χ1v) is 8.51. The molecule has 0 aliphatic carbocycles. The van der Waals surface area contributed by atoms with E-state index in [1.807, 2.05) is 29.2 Å². The molecule has 2 aromatic rings. The lowest BCUT2D eigenvalue weighted by molar-refractivity contribution is -0.706. The van der Waals surface area contributed by atoms with Crippen molar-refractivity contribution in [3.63, 3.8) is 0 Å². The van der Waals surface area contributed by atoms with Gasteiger partial charge in [-0.05, 0) is 24.3 Å².